The first-order valence-electron chi connectivity index (χ1n) is 10.1. The monoisotopic (exact) mass is 428 g/mol. The molecule has 0 aliphatic carbocycles. The lowest BCUT2D eigenvalue weighted by atomic mass is 10.2. The molecule has 158 valence electrons. The number of nitrogens with zero attached hydrogens (tertiary/aromatic N) is 1. The summed E-state index contributed by atoms with van der Waals surface area (Å²) in [6.07, 6.45) is 2.70. The van der Waals surface area contributed by atoms with Crippen molar-refractivity contribution >= 4 is 32.6 Å². The molecule has 1 N–H and O–H groups in total. The zero-order valence-corrected chi connectivity index (χ0v) is 17.6. The van der Waals surface area contributed by atoms with Crippen LogP contribution in [0.4, 0.5) is 5.69 Å². The minimum absolute atomic E-state index is 0.0636. The predicted octanol–water partition coefficient (Wildman–Crippen LogP) is 4.26. The van der Waals surface area contributed by atoms with Crippen molar-refractivity contribution in [2.45, 2.75) is 31.1 Å². The van der Waals surface area contributed by atoms with E-state index in [1.165, 1.54) is 10.4 Å². The molecule has 1 amide bonds. The van der Waals surface area contributed by atoms with Gasteiger partial charge in [0.05, 0.1) is 6.61 Å². The summed E-state index contributed by atoms with van der Waals surface area (Å²) in [7, 11) is -3.72. The number of carbonyl (C=O) groups is 1. The molecule has 1 fully saturated rings. The summed E-state index contributed by atoms with van der Waals surface area (Å²) in [6.45, 7) is 3.12. The van der Waals surface area contributed by atoms with Gasteiger partial charge in [0.15, 0.2) is 5.76 Å². The van der Waals surface area contributed by atoms with E-state index >= 15 is 0 Å². The van der Waals surface area contributed by atoms with Gasteiger partial charge in [0.25, 0.3) is 5.91 Å². The van der Waals surface area contributed by atoms with Crippen molar-refractivity contribution < 1.29 is 22.4 Å². The first-order chi connectivity index (χ1) is 14.5. The molecule has 1 aliphatic heterocycles. The number of hydrogen-bond acceptors (Lipinski definition) is 5. The van der Waals surface area contributed by atoms with Crippen LogP contribution in [0.25, 0.3) is 11.0 Å². The van der Waals surface area contributed by atoms with Crippen LogP contribution in [0.5, 0.6) is 5.75 Å². The van der Waals surface area contributed by atoms with Gasteiger partial charge in [-0.1, -0.05) is 24.6 Å². The fourth-order valence-corrected chi connectivity index (χ4v) is 5.27. The molecule has 0 saturated carbocycles. The summed E-state index contributed by atoms with van der Waals surface area (Å²) in [5.74, 6) is -0.00740. The summed E-state index contributed by atoms with van der Waals surface area (Å²) in [4.78, 5) is 12.7. The summed E-state index contributed by atoms with van der Waals surface area (Å²) in [5.41, 5.74) is 0.974. The SMILES string of the molecule is CCOc1ccc(NC(=O)c2cc3ccccc3o2)cc1S(=O)(=O)N1CCCCC1. The van der Waals surface area contributed by atoms with Crippen LogP contribution < -0.4 is 10.1 Å². The molecule has 0 unspecified atom stereocenters. The van der Waals surface area contributed by atoms with Gasteiger partial charge in [0.1, 0.15) is 16.2 Å². The van der Waals surface area contributed by atoms with Crippen LogP contribution in [0.1, 0.15) is 36.7 Å². The maximum Gasteiger partial charge on any atom is 0.291 e. The van der Waals surface area contributed by atoms with Gasteiger partial charge in [-0.05, 0) is 50.1 Å². The Balaban J connectivity index is 1.64. The lowest BCUT2D eigenvalue weighted by Crippen LogP contribution is -2.35. The van der Waals surface area contributed by atoms with Crippen molar-refractivity contribution in [1.29, 1.82) is 0 Å². The van der Waals surface area contributed by atoms with E-state index in [9.17, 15) is 13.2 Å². The summed E-state index contributed by atoms with van der Waals surface area (Å²) < 4.78 is 39.1. The molecule has 0 spiro atoms. The number of ether oxygens (including phenoxy) is 1. The third-order valence-electron chi connectivity index (χ3n) is 5.08. The molecular weight excluding hydrogens is 404 g/mol. The zero-order valence-electron chi connectivity index (χ0n) is 16.8. The molecule has 1 aliphatic rings. The van der Waals surface area contributed by atoms with E-state index < -0.39 is 15.9 Å². The Labute approximate surface area is 175 Å². The summed E-state index contributed by atoms with van der Waals surface area (Å²) >= 11 is 0. The molecule has 1 aromatic heterocycles. The number of rotatable bonds is 6. The van der Waals surface area contributed by atoms with Gasteiger partial charge >= 0.3 is 0 Å². The minimum Gasteiger partial charge on any atom is -0.492 e. The van der Waals surface area contributed by atoms with Gasteiger partial charge in [-0.25, -0.2) is 8.42 Å². The Morgan fingerprint density at radius 3 is 2.60 bits per heavy atom. The smallest absolute Gasteiger partial charge is 0.291 e. The van der Waals surface area contributed by atoms with E-state index in [4.69, 9.17) is 9.15 Å². The van der Waals surface area contributed by atoms with Crippen molar-refractivity contribution in [1.82, 2.24) is 4.31 Å². The number of amides is 1. The quantitative estimate of drug-likeness (QED) is 0.634. The molecule has 1 saturated heterocycles. The second-order valence-corrected chi connectivity index (χ2v) is 9.07. The largest absolute Gasteiger partial charge is 0.492 e. The van der Waals surface area contributed by atoms with E-state index in [0.717, 1.165) is 24.6 Å². The normalized spacial score (nSPS) is 15.2. The lowest BCUT2D eigenvalue weighted by Gasteiger charge is -2.27. The molecule has 0 bridgehead atoms. The maximum absolute atomic E-state index is 13.2. The number of fused-ring (bicyclic) bond motifs is 1. The Hall–Kier alpha value is -2.84. The fourth-order valence-electron chi connectivity index (χ4n) is 3.59. The second kappa shape index (κ2) is 8.49. The number of anilines is 1. The molecule has 0 atom stereocenters. The number of para-hydroxylation sites is 1. The molecular formula is C22H24N2O5S. The third-order valence-corrected chi connectivity index (χ3v) is 7.00. The molecule has 30 heavy (non-hydrogen) atoms. The Morgan fingerprint density at radius 2 is 1.87 bits per heavy atom. The topological polar surface area (TPSA) is 88.8 Å². The highest BCUT2D eigenvalue weighted by atomic mass is 32.2. The number of piperidine rings is 1. The van der Waals surface area contributed by atoms with Crippen molar-refractivity contribution in [2.75, 3.05) is 25.0 Å². The van der Waals surface area contributed by atoms with E-state index in [1.54, 1.807) is 31.2 Å². The predicted molar refractivity (Wildman–Crippen MR) is 114 cm³/mol. The van der Waals surface area contributed by atoms with Crippen LogP contribution in [0.15, 0.2) is 57.8 Å². The summed E-state index contributed by atoms with van der Waals surface area (Å²) in [5, 5.41) is 3.55. The molecule has 2 heterocycles. The number of carbonyl (C=O) groups excluding carboxylic acids is 1. The van der Waals surface area contributed by atoms with Gasteiger partial charge in [-0.3, -0.25) is 4.79 Å². The number of nitrogens with one attached hydrogen (secondary N) is 1. The average molecular weight is 429 g/mol. The van der Waals surface area contributed by atoms with Crippen LogP contribution in [0, 0.1) is 0 Å². The van der Waals surface area contributed by atoms with Gasteiger partial charge in [0.2, 0.25) is 10.0 Å². The lowest BCUT2D eigenvalue weighted by molar-refractivity contribution is 0.0998. The first kappa shape index (κ1) is 20.4. The molecule has 7 nitrogen and oxygen atoms in total. The van der Waals surface area contributed by atoms with E-state index in [2.05, 4.69) is 5.32 Å². The van der Waals surface area contributed by atoms with Gasteiger partial charge < -0.3 is 14.5 Å². The molecule has 4 rings (SSSR count). The van der Waals surface area contributed by atoms with E-state index in [0.29, 0.717) is 31.0 Å². The van der Waals surface area contributed by atoms with Crippen LogP contribution in [-0.4, -0.2) is 38.3 Å². The molecule has 3 aromatic rings. The van der Waals surface area contributed by atoms with E-state index in [1.807, 2.05) is 18.2 Å². The minimum atomic E-state index is -3.72. The van der Waals surface area contributed by atoms with Gasteiger partial charge in [0, 0.05) is 24.2 Å². The average Bonchev–Trinajstić information content (AvgIpc) is 3.20. The van der Waals surface area contributed by atoms with Crippen LogP contribution in [-0.2, 0) is 10.0 Å². The van der Waals surface area contributed by atoms with Crippen molar-refractivity contribution in [2.24, 2.45) is 0 Å². The summed E-state index contributed by atoms with van der Waals surface area (Å²) in [6, 6.07) is 13.7. The number of furan rings is 1. The van der Waals surface area contributed by atoms with Gasteiger partial charge in [-0.15, -0.1) is 0 Å². The van der Waals surface area contributed by atoms with E-state index in [-0.39, 0.29) is 16.4 Å². The van der Waals surface area contributed by atoms with Crippen LogP contribution >= 0.6 is 0 Å². The highest BCUT2D eigenvalue weighted by Gasteiger charge is 2.29. The highest BCUT2D eigenvalue weighted by Crippen LogP contribution is 2.32. The van der Waals surface area contributed by atoms with Crippen LogP contribution in [0.3, 0.4) is 0 Å². The Bertz CT molecular complexity index is 1130. The van der Waals surface area contributed by atoms with Gasteiger partial charge in [-0.2, -0.15) is 4.31 Å². The Kier molecular flexibility index (Phi) is 5.78. The molecule has 8 heteroatoms. The molecule has 2 aromatic carbocycles. The maximum atomic E-state index is 13.2. The molecule has 0 radical (unpaired) electrons. The second-order valence-electron chi connectivity index (χ2n) is 7.16. The van der Waals surface area contributed by atoms with Crippen LogP contribution in [0.2, 0.25) is 0 Å². The third kappa shape index (κ3) is 4.06. The Morgan fingerprint density at radius 1 is 1.10 bits per heavy atom. The number of hydrogen-bond donors (Lipinski definition) is 1. The zero-order chi connectivity index (χ0) is 21.1. The standard InChI is InChI=1S/C22H24N2O5S/c1-2-28-19-11-10-17(15-21(19)30(26,27)24-12-6-3-7-13-24)23-22(25)20-14-16-8-4-5-9-18(16)29-20/h4-5,8-11,14-15H,2-3,6-7,12-13H2,1H3,(H,23,25). The first-order valence-corrected chi connectivity index (χ1v) is 11.5. The fraction of sp³-hybridized carbons (Fsp3) is 0.318. The number of benzene rings is 2. The van der Waals surface area contributed by atoms with Crippen molar-refractivity contribution in [3.05, 3.63) is 54.3 Å². The van der Waals surface area contributed by atoms with Crippen molar-refractivity contribution in [3.63, 3.8) is 0 Å². The highest BCUT2D eigenvalue weighted by molar-refractivity contribution is 7.89. The number of sulfonamides is 1. The van der Waals surface area contributed by atoms with Crippen molar-refractivity contribution in [3.8, 4) is 5.75 Å².